The lowest BCUT2D eigenvalue weighted by Crippen LogP contribution is -2.40. The van der Waals surface area contributed by atoms with E-state index in [0.29, 0.717) is 44.9 Å². The van der Waals surface area contributed by atoms with E-state index in [0.717, 1.165) is 31.2 Å². The van der Waals surface area contributed by atoms with Crippen LogP contribution in [-0.2, 0) is 16.4 Å². The molecule has 0 aliphatic carbocycles. The topological polar surface area (TPSA) is 87.9 Å². The molecule has 0 unspecified atom stereocenters. The predicted octanol–water partition coefficient (Wildman–Crippen LogP) is 4.39. The van der Waals surface area contributed by atoms with Gasteiger partial charge in [0.1, 0.15) is 0 Å². The van der Waals surface area contributed by atoms with Crippen molar-refractivity contribution in [2.45, 2.75) is 57.5 Å². The average Bonchev–Trinajstić information content (AvgIpc) is 3.35. The molecule has 34 heavy (non-hydrogen) atoms. The van der Waals surface area contributed by atoms with Crippen LogP contribution >= 0.6 is 0 Å². The van der Waals surface area contributed by atoms with Crippen molar-refractivity contribution in [1.29, 1.82) is 0 Å². The lowest BCUT2D eigenvalue weighted by molar-refractivity contribution is 0.0619. The summed E-state index contributed by atoms with van der Waals surface area (Å²) in [6.07, 6.45) is 4.84. The summed E-state index contributed by atoms with van der Waals surface area (Å²) in [5.41, 5.74) is 1.95. The fourth-order valence-corrected chi connectivity index (χ4v) is 6.25. The minimum Gasteiger partial charge on any atom is -0.438 e. The molecule has 1 amide bonds. The molecule has 0 saturated carbocycles. The summed E-state index contributed by atoms with van der Waals surface area (Å²) < 4.78 is 32.5. The molecule has 7 nitrogen and oxygen atoms in total. The Morgan fingerprint density at radius 3 is 2.21 bits per heavy atom. The van der Waals surface area contributed by atoms with Crippen LogP contribution in [0, 0.1) is 11.8 Å². The van der Waals surface area contributed by atoms with Gasteiger partial charge in [-0.25, -0.2) is 8.42 Å². The van der Waals surface area contributed by atoms with Gasteiger partial charge in [-0.05, 0) is 55.7 Å². The van der Waals surface area contributed by atoms with Gasteiger partial charge in [0.25, 0.3) is 15.9 Å². The molecular formula is C26H34N2O5S. The molecule has 1 aromatic heterocycles. The summed E-state index contributed by atoms with van der Waals surface area (Å²) >= 11 is 0. The Hall–Kier alpha value is -2.45. The van der Waals surface area contributed by atoms with Crippen LogP contribution in [0.25, 0.3) is 0 Å². The number of rotatable bonds is 7. The van der Waals surface area contributed by atoms with Gasteiger partial charge in [0.15, 0.2) is 11.5 Å². The third-order valence-electron chi connectivity index (χ3n) is 6.74. The fraction of sp³-hybridized carbons (Fsp3) is 0.538. The van der Waals surface area contributed by atoms with E-state index in [4.69, 9.17) is 4.42 Å². The second kappa shape index (κ2) is 10.4. The number of benzene rings is 1. The number of hydrogen-bond acceptors (Lipinski definition) is 5. The van der Waals surface area contributed by atoms with Crippen LogP contribution in [0.1, 0.15) is 72.4 Å². The van der Waals surface area contributed by atoms with E-state index in [1.807, 2.05) is 24.3 Å². The van der Waals surface area contributed by atoms with Crippen LogP contribution in [0.15, 0.2) is 45.9 Å². The van der Waals surface area contributed by atoms with E-state index >= 15 is 0 Å². The molecule has 0 bridgehead atoms. The molecule has 2 aromatic rings. The Bertz CT molecular complexity index is 1110. The van der Waals surface area contributed by atoms with Gasteiger partial charge in [0, 0.05) is 37.7 Å². The standard InChI is InChI=1S/C26H34N2O5S/c1-19(2)18-20-6-8-21(9-7-20)25(29)22-12-16-27(17-13-22)26(30)23-10-11-24(33-23)34(31,32)28-14-4-3-5-15-28/h6-11,19,22H,3-5,12-18H2,1-2H3. The zero-order valence-electron chi connectivity index (χ0n) is 20.0. The van der Waals surface area contributed by atoms with Crippen molar-refractivity contribution in [2.75, 3.05) is 26.2 Å². The number of ketones is 1. The van der Waals surface area contributed by atoms with Crippen molar-refractivity contribution >= 4 is 21.7 Å². The molecule has 0 radical (unpaired) electrons. The highest BCUT2D eigenvalue weighted by atomic mass is 32.2. The van der Waals surface area contributed by atoms with Crippen molar-refractivity contribution < 1.29 is 22.4 Å². The minimum absolute atomic E-state index is 0.0288. The van der Waals surface area contributed by atoms with Gasteiger partial charge < -0.3 is 9.32 Å². The second-order valence-corrected chi connectivity index (χ2v) is 11.7. The van der Waals surface area contributed by atoms with Gasteiger partial charge in [-0.1, -0.05) is 44.5 Å². The highest BCUT2D eigenvalue weighted by molar-refractivity contribution is 7.89. The van der Waals surface area contributed by atoms with Gasteiger partial charge in [-0.3, -0.25) is 9.59 Å². The maximum absolute atomic E-state index is 13.0. The summed E-state index contributed by atoms with van der Waals surface area (Å²) in [4.78, 5) is 27.5. The summed E-state index contributed by atoms with van der Waals surface area (Å²) in [5, 5.41) is -0.177. The molecule has 1 aromatic carbocycles. The number of carbonyl (C=O) groups is 2. The van der Waals surface area contributed by atoms with Gasteiger partial charge >= 0.3 is 0 Å². The number of Topliss-reactive ketones (excluding diaryl/α,β-unsaturated/α-hetero) is 1. The largest absolute Gasteiger partial charge is 0.438 e. The fourth-order valence-electron chi connectivity index (χ4n) is 4.82. The average molecular weight is 487 g/mol. The number of furan rings is 1. The van der Waals surface area contributed by atoms with E-state index in [1.165, 1.54) is 22.0 Å². The summed E-state index contributed by atoms with van der Waals surface area (Å²) in [6.45, 7) is 6.18. The monoisotopic (exact) mass is 486 g/mol. The summed E-state index contributed by atoms with van der Waals surface area (Å²) in [7, 11) is -3.71. The molecule has 0 spiro atoms. The van der Waals surface area contributed by atoms with Crippen LogP contribution in [0.4, 0.5) is 0 Å². The van der Waals surface area contributed by atoms with Crippen LogP contribution in [0.5, 0.6) is 0 Å². The first-order valence-corrected chi connectivity index (χ1v) is 13.7. The maximum atomic E-state index is 13.0. The van der Waals surface area contributed by atoms with Crippen molar-refractivity contribution in [3.8, 4) is 0 Å². The first-order chi connectivity index (χ1) is 16.3. The molecule has 3 heterocycles. The van der Waals surface area contributed by atoms with Crippen molar-refractivity contribution in [3.63, 3.8) is 0 Å². The van der Waals surface area contributed by atoms with E-state index in [-0.39, 0.29) is 28.5 Å². The number of likely N-dealkylation sites (tertiary alicyclic amines) is 1. The molecule has 2 aliphatic heterocycles. The third-order valence-corrected chi connectivity index (χ3v) is 8.51. The van der Waals surface area contributed by atoms with Crippen molar-refractivity contribution in [2.24, 2.45) is 11.8 Å². The first kappa shape index (κ1) is 24.7. The summed E-state index contributed by atoms with van der Waals surface area (Å²) in [5.74, 6) is 0.270. The first-order valence-electron chi connectivity index (χ1n) is 12.3. The van der Waals surface area contributed by atoms with Gasteiger partial charge in [-0.2, -0.15) is 4.31 Å². The molecular weight excluding hydrogens is 452 g/mol. The van der Waals surface area contributed by atoms with Gasteiger partial charge in [-0.15, -0.1) is 0 Å². The number of piperidine rings is 2. The zero-order valence-corrected chi connectivity index (χ0v) is 20.9. The van der Waals surface area contributed by atoms with E-state index in [9.17, 15) is 18.0 Å². The number of hydrogen-bond donors (Lipinski definition) is 0. The number of nitrogens with zero attached hydrogens (tertiary/aromatic N) is 2. The normalized spacial score (nSPS) is 18.4. The number of amides is 1. The maximum Gasteiger partial charge on any atom is 0.289 e. The van der Waals surface area contributed by atoms with Crippen molar-refractivity contribution in [3.05, 3.63) is 53.3 Å². The Morgan fingerprint density at radius 1 is 0.941 bits per heavy atom. The number of sulfonamides is 1. The van der Waals surface area contributed by atoms with Crippen LogP contribution < -0.4 is 0 Å². The molecule has 2 saturated heterocycles. The minimum atomic E-state index is -3.71. The summed E-state index contributed by atoms with van der Waals surface area (Å²) in [6, 6.07) is 10.7. The third kappa shape index (κ3) is 5.44. The van der Waals surface area contributed by atoms with Gasteiger partial charge in [0.2, 0.25) is 5.09 Å². The second-order valence-electron chi connectivity index (χ2n) is 9.81. The molecule has 4 rings (SSSR count). The smallest absolute Gasteiger partial charge is 0.289 e. The van der Waals surface area contributed by atoms with Gasteiger partial charge in [0.05, 0.1) is 0 Å². The Kier molecular flexibility index (Phi) is 7.57. The highest BCUT2D eigenvalue weighted by Crippen LogP contribution is 2.26. The van der Waals surface area contributed by atoms with Crippen LogP contribution in [0.3, 0.4) is 0 Å². The molecule has 0 atom stereocenters. The van der Waals surface area contributed by atoms with Crippen LogP contribution in [-0.4, -0.2) is 55.5 Å². The molecule has 2 aliphatic rings. The molecule has 0 N–H and O–H groups in total. The Labute approximate surface area is 202 Å². The van der Waals surface area contributed by atoms with Crippen molar-refractivity contribution in [1.82, 2.24) is 9.21 Å². The number of carbonyl (C=O) groups excluding carboxylic acids is 2. The molecule has 8 heteroatoms. The zero-order chi connectivity index (χ0) is 24.3. The van der Waals surface area contributed by atoms with E-state index in [1.54, 1.807) is 4.90 Å². The van der Waals surface area contributed by atoms with E-state index < -0.39 is 10.0 Å². The SMILES string of the molecule is CC(C)Cc1ccc(C(=O)C2CCN(C(=O)c3ccc(S(=O)(=O)N4CCCCC4)o3)CC2)cc1. The quantitative estimate of drug-likeness (QED) is 0.542. The molecule has 184 valence electrons. The molecule has 2 fully saturated rings. The Morgan fingerprint density at radius 2 is 1.59 bits per heavy atom. The predicted molar refractivity (Wildman–Crippen MR) is 129 cm³/mol. The highest BCUT2D eigenvalue weighted by Gasteiger charge is 2.32. The lowest BCUT2D eigenvalue weighted by atomic mass is 9.88. The van der Waals surface area contributed by atoms with Crippen LogP contribution in [0.2, 0.25) is 0 Å². The Balaban J connectivity index is 1.34. The lowest BCUT2D eigenvalue weighted by Gasteiger charge is -2.30. The van der Waals surface area contributed by atoms with E-state index in [2.05, 4.69) is 13.8 Å².